The van der Waals surface area contributed by atoms with Gasteiger partial charge in [0.1, 0.15) is 11.2 Å². The molecule has 0 atom stereocenters. The number of piperazine rings is 1. The minimum absolute atomic E-state index is 0.284. The molecule has 1 aliphatic heterocycles. The highest BCUT2D eigenvalue weighted by Gasteiger charge is 2.33. The molecule has 1 fully saturated rings. The summed E-state index contributed by atoms with van der Waals surface area (Å²) >= 11 is 12.6. The molecule has 8 nitrogen and oxygen atoms in total. The molecule has 0 bridgehead atoms. The van der Waals surface area contributed by atoms with Crippen molar-refractivity contribution in [1.82, 2.24) is 24.7 Å². The zero-order valence-corrected chi connectivity index (χ0v) is 24.7. The van der Waals surface area contributed by atoms with Crippen LogP contribution in [0.25, 0.3) is 11.0 Å². The molecule has 1 aliphatic rings. The standard InChI is InChI=1S/C28H34Cl2F3N5O3/c1-27(2,3)41-26(39)34-8-5-9-38-18-24(40-28(31,32)33)20-14-19(15-35-25(20)38)16-36-10-12-37(13-11-36)17-21-22(29)6-4-7-23(21)30/h4,6-7,14-15,18H,5,8-13,16-17H2,1-3H3,(H,34,39). The van der Waals surface area contributed by atoms with Crippen molar-refractivity contribution in [3.05, 3.63) is 57.8 Å². The number of nitrogens with zero attached hydrogens (tertiary/aromatic N) is 4. The number of fused-ring (bicyclic) bond motifs is 1. The molecule has 0 saturated carbocycles. The second-order valence-electron chi connectivity index (χ2n) is 11.0. The van der Waals surface area contributed by atoms with Crippen LogP contribution in [0.2, 0.25) is 10.0 Å². The predicted molar refractivity (Wildman–Crippen MR) is 152 cm³/mol. The van der Waals surface area contributed by atoms with Gasteiger partial charge in [-0.2, -0.15) is 0 Å². The highest BCUT2D eigenvalue weighted by molar-refractivity contribution is 6.35. The molecule has 0 unspecified atom stereocenters. The molecule has 1 aromatic carbocycles. The molecule has 4 rings (SSSR count). The number of alkyl halides is 3. The van der Waals surface area contributed by atoms with Crippen LogP contribution in [0.3, 0.4) is 0 Å². The van der Waals surface area contributed by atoms with E-state index in [1.54, 1.807) is 37.6 Å². The second-order valence-corrected chi connectivity index (χ2v) is 11.8. The maximum absolute atomic E-state index is 13.2. The van der Waals surface area contributed by atoms with Gasteiger partial charge in [0.05, 0.1) is 5.39 Å². The Hall–Kier alpha value is -2.73. The number of hydrogen-bond acceptors (Lipinski definition) is 6. The number of pyridine rings is 1. The number of amides is 1. The maximum atomic E-state index is 13.2. The Kier molecular flexibility index (Phi) is 9.94. The maximum Gasteiger partial charge on any atom is 0.573 e. The number of rotatable bonds is 9. The predicted octanol–water partition coefficient (Wildman–Crippen LogP) is 6.47. The third-order valence-electron chi connectivity index (χ3n) is 6.52. The monoisotopic (exact) mass is 615 g/mol. The van der Waals surface area contributed by atoms with Crippen LogP contribution < -0.4 is 10.1 Å². The van der Waals surface area contributed by atoms with E-state index in [0.717, 1.165) is 37.3 Å². The molecular formula is C28H34Cl2F3N5O3. The lowest BCUT2D eigenvalue weighted by Crippen LogP contribution is -2.45. The van der Waals surface area contributed by atoms with Gasteiger partial charge in [0, 0.05) is 80.4 Å². The fraction of sp³-hybridized carbons (Fsp3) is 0.500. The summed E-state index contributed by atoms with van der Waals surface area (Å²) < 4.78 is 50.7. The van der Waals surface area contributed by atoms with E-state index in [0.29, 0.717) is 41.7 Å². The van der Waals surface area contributed by atoms with Crippen LogP contribution in [0.4, 0.5) is 18.0 Å². The van der Waals surface area contributed by atoms with Crippen molar-refractivity contribution in [3.8, 4) is 5.75 Å². The molecule has 1 amide bonds. The molecule has 2 aromatic heterocycles. The summed E-state index contributed by atoms with van der Waals surface area (Å²) in [4.78, 5) is 20.9. The van der Waals surface area contributed by atoms with Gasteiger partial charge in [0.2, 0.25) is 0 Å². The molecule has 3 heterocycles. The van der Waals surface area contributed by atoms with Gasteiger partial charge in [-0.3, -0.25) is 9.80 Å². The van der Waals surface area contributed by atoms with E-state index >= 15 is 0 Å². The van der Waals surface area contributed by atoms with Crippen LogP contribution in [0.5, 0.6) is 5.75 Å². The first-order valence-corrected chi connectivity index (χ1v) is 14.1. The molecule has 0 spiro atoms. The molecule has 13 heteroatoms. The van der Waals surface area contributed by atoms with Crippen molar-refractivity contribution in [2.24, 2.45) is 0 Å². The first kappa shape index (κ1) is 31.2. The summed E-state index contributed by atoms with van der Waals surface area (Å²) in [6, 6.07) is 7.18. The molecule has 41 heavy (non-hydrogen) atoms. The van der Waals surface area contributed by atoms with E-state index in [1.165, 1.54) is 6.20 Å². The number of hydrogen-bond donors (Lipinski definition) is 1. The van der Waals surface area contributed by atoms with Crippen LogP contribution in [0, 0.1) is 0 Å². The fourth-order valence-electron chi connectivity index (χ4n) is 4.67. The van der Waals surface area contributed by atoms with E-state index in [1.807, 2.05) is 18.2 Å². The highest BCUT2D eigenvalue weighted by atomic mass is 35.5. The topological polar surface area (TPSA) is 71.9 Å². The van der Waals surface area contributed by atoms with E-state index < -0.39 is 18.1 Å². The summed E-state index contributed by atoms with van der Waals surface area (Å²) in [6.45, 7) is 10.3. The van der Waals surface area contributed by atoms with Crippen molar-refractivity contribution in [2.75, 3.05) is 32.7 Å². The van der Waals surface area contributed by atoms with Crippen molar-refractivity contribution in [3.63, 3.8) is 0 Å². The van der Waals surface area contributed by atoms with Crippen molar-refractivity contribution in [1.29, 1.82) is 0 Å². The van der Waals surface area contributed by atoms with Gasteiger partial charge in [0.25, 0.3) is 0 Å². The van der Waals surface area contributed by atoms with Gasteiger partial charge < -0.3 is 19.4 Å². The summed E-state index contributed by atoms with van der Waals surface area (Å²) in [5, 5.41) is 4.22. The number of benzene rings is 1. The Bertz CT molecular complexity index is 1330. The van der Waals surface area contributed by atoms with Crippen molar-refractivity contribution in [2.45, 2.75) is 58.8 Å². The summed E-state index contributed by atoms with van der Waals surface area (Å²) in [6.07, 6.45) is -1.94. The zero-order chi connectivity index (χ0) is 29.8. The first-order valence-electron chi connectivity index (χ1n) is 13.4. The Labute approximate surface area is 247 Å². The Morgan fingerprint density at radius 1 is 1.05 bits per heavy atom. The lowest BCUT2D eigenvalue weighted by Gasteiger charge is -2.35. The van der Waals surface area contributed by atoms with Crippen molar-refractivity contribution < 1.29 is 27.4 Å². The number of aryl methyl sites for hydroxylation is 1. The van der Waals surface area contributed by atoms with E-state index in [4.69, 9.17) is 27.9 Å². The largest absolute Gasteiger partial charge is 0.573 e. The summed E-state index contributed by atoms with van der Waals surface area (Å²) in [5.41, 5.74) is 1.45. The van der Waals surface area contributed by atoms with Gasteiger partial charge in [-0.1, -0.05) is 29.3 Å². The third-order valence-corrected chi connectivity index (χ3v) is 7.23. The number of halogens is 5. The number of alkyl carbamates (subject to hydrolysis) is 1. The zero-order valence-electron chi connectivity index (χ0n) is 23.2. The number of nitrogens with one attached hydrogen (secondary N) is 1. The highest BCUT2D eigenvalue weighted by Crippen LogP contribution is 2.33. The van der Waals surface area contributed by atoms with E-state index in [-0.39, 0.29) is 17.7 Å². The van der Waals surface area contributed by atoms with Gasteiger partial charge >= 0.3 is 12.5 Å². The van der Waals surface area contributed by atoms with Crippen molar-refractivity contribution >= 4 is 40.3 Å². The average molecular weight is 617 g/mol. The van der Waals surface area contributed by atoms with Gasteiger partial charge in [-0.25, -0.2) is 9.78 Å². The number of carbonyl (C=O) groups is 1. The Morgan fingerprint density at radius 2 is 1.68 bits per heavy atom. The number of ether oxygens (including phenoxy) is 2. The van der Waals surface area contributed by atoms with Crippen LogP contribution >= 0.6 is 23.2 Å². The molecule has 1 N–H and O–H groups in total. The van der Waals surface area contributed by atoms with Crippen LogP contribution in [-0.2, 0) is 24.4 Å². The van der Waals surface area contributed by atoms with Crippen LogP contribution in [0.1, 0.15) is 38.3 Å². The quantitative estimate of drug-likeness (QED) is 0.278. The molecule has 3 aromatic rings. The molecule has 1 saturated heterocycles. The minimum atomic E-state index is -4.84. The first-order chi connectivity index (χ1) is 19.3. The average Bonchev–Trinajstić information content (AvgIpc) is 3.19. The lowest BCUT2D eigenvalue weighted by molar-refractivity contribution is -0.274. The van der Waals surface area contributed by atoms with Crippen LogP contribution in [0.15, 0.2) is 36.7 Å². The third kappa shape index (κ3) is 9.13. The summed E-state index contributed by atoms with van der Waals surface area (Å²) in [5.74, 6) is -0.302. The lowest BCUT2D eigenvalue weighted by atomic mass is 10.1. The van der Waals surface area contributed by atoms with E-state index in [2.05, 4.69) is 24.8 Å². The van der Waals surface area contributed by atoms with Gasteiger partial charge in [-0.05, 0) is 51.0 Å². The normalized spacial score (nSPS) is 15.3. The smallest absolute Gasteiger partial charge is 0.444 e. The van der Waals surface area contributed by atoms with Crippen LogP contribution in [-0.4, -0.2) is 70.1 Å². The molecule has 0 aliphatic carbocycles. The van der Waals surface area contributed by atoms with Gasteiger partial charge in [0.15, 0.2) is 5.75 Å². The van der Waals surface area contributed by atoms with Gasteiger partial charge in [-0.15, -0.1) is 13.2 Å². The number of carbonyl (C=O) groups excluding carboxylic acids is 1. The number of aromatic nitrogens is 2. The minimum Gasteiger partial charge on any atom is -0.444 e. The Morgan fingerprint density at radius 3 is 2.29 bits per heavy atom. The summed E-state index contributed by atoms with van der Waals surface area (Å²) in [7, 11) is 0. The molecule has 224 valence electrons. The second kappa shape index (κ2) is 13.1. The molecular weight excluding hydrogens is 582 g/mol. The SMILES string of the molecule is CC(C)(C)OC(=O)NCCCn1cc(OC(F)(F)F)c2cc(CN3CCN(Cc4c(Cl)cccc4Cl)CC3)cnc21. The Balaban J connectivity index is 1.38. The fourth-order valence-corrected chi connectivity index (χ4v) is 5.19. The molecule has 0 radical (unpaired) electrons. The van der Waals surface area contributed by atoms with E-state index in [9.17, 15) is 18.0 Å².